The number of nitrogens with one attached hydrogen (secondary N) is 1. The van der Waals surface area contributed by atoms with Gasteiger partial charge >= 0.3 is 0 Å². The van der Waals surface area contributed by atoms with Crippen LogP contribution in [-0.2, 0) is 0 Å². The average molecular weight is 246 g/mol. The van der Waals surface area contributed by atoms with Gasteiger partial charge in [0, 0.05) is 24.5 Å². The molecule has 1 saturated heterocycles. The summed E-state index contributed by atoms with van der Waals surface area (Å²) in [6.07, 6.45) is 5.59. The molecule has 2 N–H and O–H groups in total. The third kappa shape index (κ3) is 2.46. The molecule has 0 amide bonds. The Kier molecular flexibility index (Phi) is 3.41. The molecule has 1 aromatic rings. The molecule has 2 aliphatic rings. The zero-order valence-electron chi connectivity index (χ0n) is 10.8. The molecule has 2 atom stereocenters. The van der Waals surface area contributed by atoms with Gasteiger partial charge in [-0.15, -0.1) is 0 Å². The molecule has 3 heteroatoms. The zero-order chi connectivity index (χ0) is 12.4. The van der Waals surface area contributed by atoms with Crippen LogP contribution in [0.1, 0.15) is 32.1 Å². The standard InChI is InChI=1S/C15H22N2O/c18-15-5-3-4-14(15)16-12-6-8-13(9-7-12)17-10-1-2-11-17/h6-9,14-16,18H,1-5,10-11H2/t14-,15-/m0/s1. The van der Waals surface area contributed by atoms with Gasteiger partial charge in [-0.2, -0.15) is 0 Å². The Hall–Kier alpha value is -1.22. The molecule has 0 aromatic heterocycles. The number of aliphatic hydroxyl groups is 1. The molecule has 3 nitrogen and oxygen atoms in total. The second-order valence-corrected chi connectivity index (χ2v) is 5.49. The van der Waals surface area contributed by atoms with E-state index in [4.69, 9.17) is 0 Å². The summed E-state index contributed by atoms with van der Waals surface area (Å²) in [5.74, 6) is 0. The fourth-order valence-corrected chi connectivity index (χ4v) is 3.07. The first-order valence-electron chi connectivity index (χ1n) is 7.12. The van der Waals surface area contributed by atoms with E-state index >= 15 is 0 Å². The van der Waals surface area contributed by atoms with E-state index in [9.17, 15) is 5.11 Å². The predicted octanol–water partition coefficient (Wildman–Crippen LogP) is 2.61. The number of anilines is 2. The van der Waals surface area contributed by atoms with Crippen LogP contribution in [0.4, 0.5) is 11.4 Å². The molecule has 18 heavy (non-hydrogen) atoms. The molecule has 1 aliphatic carbocycles. The van der Waals surface area contributed by atoms with Crippen LogP contribution in [0.2, 0.25) is 0 Å². The first-order valence-corrected chi connectivity index (χ1v) is 7.12. The highest BCUT2D eigenvalue weighted by atomic mass is 16.3. The predicted molar refractivity (Wildman–Crippen MR) is 75.2 cm³/mol. The lowest BCUT2D eigenvalue weighted by Crippen LogP contribution is -2.27. The first-order chi connectivity index (χ1) is 8.83. The largest absolute Gasteiger partial charge is 0.391 e. The number of benzene rings is 1. The average Bonchev–Trinajstić information content (AvgIpc) is 3.03. The lowest BCUT2D eigenvalue weighted by molar-refractivity contribution is 0.172. The van der Waals surface area contributed by atoms with Gasteiger partial charge in [0.2, 0.25) is 0 Å². The van der Waals surface area contributed by atoms with E-state index in [1.165, 1.54) is 31.6 Å². The van der Waals surface area contributed by atoms with Gasteiger partial charge in [-0.3, -0.25) is 0 Å². The van der Waals surface area contributed by atoms with Crippen LogP contribution in [-0.4, -0.2) is 30.3 Å². The number of rotatable bonds is 3. The molecule has 1 aromatic carbocycles. The number of aliphatic hydroxyl groups excluding tert-OH is 1. The molecular weight excluding hydrogens is 224 g/mol. The maximum absolute atomic E-state index is 9.81. The highest BCUT2D eigenvalue weighted by molar-refractivity contribution is 5.56. The summed E-state index contributed by atoms with van der Waals surface area (Å²) in [6.45, 7) is 2.38. The molecule has 0 unspecified atom stereocenters. The molecule has 0 spiro atoms. The summed E-state index contributed by atoms with van der Waals surface area (Å²) in [4.78, 5) is 2.44. The summed E-state index contributed by atoms with van der Waals surface area (Å²) in [5, 5.41) is 13.2. The minimum Gasteiger partial charge on any atom is -0.391 e. The Balaban J connectivity index is 1.63. The van der Waals surface area contributed by atoms with Gasteiger partial charge in [-0.05, 0) is 56.4 Å². The molecule has 1 heterocycles. The van der Waals surface area contributed by atoms with Crippen LogP contribution < -0.4 is 10.2 Å². The Morgan fingerprint density at radius 3 is 2.33 bits per heavy atom. The second-order valence-electron chi connectivity index (χ2n) is 5.49. The fraction of sp³-hybridized carbons (Fsp3) is 0.600. The van der Waals surface area contributed by atoms with Crippen molar-refractivity contribution in [2.75, 3.05) is 23.3 Å². The van der Waals surface area contributed by atoms with E-state index in [2.05, 4.69) is 34.5 Å². The van der Waals surface area contributed by atoms with Gasteiger partial charge in [0.15, 0.2) is 0 Å². The van der Waals surface area contributed by atoms with Crippen molar-refractivity contribution < 1.29 is 5.11 Å². The van der Waals surface area contributed by atoms with Crippen molar-refractivity contribution >= 4 is 11.4 Å². The van der Waals surface area contributed by atoms with E-state index in [1.54, 1.807) is 0 Å². The van der Waals surface area contributed by atoms with E-state index in [0.29, 0.717) is 0 Å². The lowest BCUT2D eigenvalue weighted by atomic mass is 10.2. The van der Waals surface area contributed by atoms with Gasteiger partial charge in [-0.1, -0.05) is 0 Å². The van der Waals surface area contributed by atoms with Crippen LogP contribution in [0.3, 0.4) is 0 Å². The highest BCUT2D eigenvalue weighted by Gasteiger charge is 2.24. The molecule has 0 bridgehead atoms. The van der Waals surface area contributed by atoms with Crippen molar-refractivity contribution in [1.29, 1.82) is 0 Å². The minimum atomic E-state index is -0.178. The van der Waals surface area contributed by atoms with E-state index < -0.39 is 0 Å². The maximum atomic E-state index is 9.81. The molecule has 2 fully saturated rings. The third-order valence-corrected chi connectivity index (χ3v) is 4.17. The van der Waals surface area contributed by atoms with Crippen molar-refractivity contribution in [2.24, 2.45) is 0 Å². The zero-order valence-corrected chi connectivity index (χ0v) is 10.8. The minimum absolute atomic E-state index is 0.178. The summed E-state index contributed by atoms with van der Waals surface area (Å²) < 4.78 is 0. The Morgan fingerprint density at radius 2 is 1.72 bits per heavy atom. The van der Waals surface area contributed by atoms with Crippen molar-refractivity contribution in [2.45, 2.75) is 44.2 Å². The van der Waals surface area contributed by atoms with E-state index in [-0.39, 0.29) is 12.1 Å². The van der Waals surface area contributed by atoms with Crippen LogP contribution in [0.5, 0.6) is 0 Å². The topological polar surface area (TPSA) is 35.5 Å². The Labute approximate surface area is 109 Å². The Bertz CT molecular complexity index is 384. The molecule has 0 radical (unpaired) electrons. The second kappa shape index (κ2) is 5.19. The number of hydrogen-bond donors (Lipinski definition) is 2. The van der Waals surface area contributed by atoms with Crippen molar-refractivity contribution in [3.63, 3.8) is 0 Å². The van der Waals surface area contributed by atoms with Gasteiger partial charge in [0.25, 0.3) is 0 Å². The van der Waals surface area contributed by atoms with Gasteiger partial charge in [0.05, 0.1) is 12.1 Å². The van der Waals surface area contributed by atoms with Gasteiger partial charge in [-0.25, -0.2) is 0 Å². The number of nitrogens with zero attached hydrogens (tertiary/aromatic N) is 1. The van der Waals surface area contributed by atoms with Crippen LogP contribution in [0, 0.1) is 0 Å². The number of hydrogen-bond acceptors (Lipinski definition) is 3. The van der Waals surface area contributed by atoms with Crippen molar-refractivity contribution in [3.05, 3.63) is 24.3 Å². The molecule has 3 rings (SSSR count). The normalized spacial score (nSPS) is 27.7. The Morgan fingerprint density at radius 1 is 1.00 bits per heavy atom. The van der Waals surface area contributed by atoms with Crippen LogP contribution in [0.15, 0.2) is 24.3 Å². The quantitative estimate of drug-likeness (QED) is 0.860. The highest BCUT2D eigenvalue weighted by Crippen LogP contribution is 2.25. The van der Waals surface area contributed by atoms with Crippen LogP contribution >= 0.6 is 0 Å². The monoisotopic (exact) mass is 246 g/mol. The summed E-state index contributed by atoms with van der Waals surface area (Å²) >= 11 is 0. The van der Waals surface area contributed by atoms with Crippen molar-refractivity contribution in [3.8, 4) is 0 Å². The van der Waals surface area contributed by atoms with E-state index in [0.717, 1.165) is 24.9 Å². The smallest absolute Gasteiger partial charge is 0.0741 e. The SMILES string of the molecule is O[C@H]1CCC[C@@H]1Nc1ccc(N2CCCC2)cc1. The summed E-state index contributed by atoms with van der Waals surface area (Å²) in [6, 6.07) is 8.89. The molecule has 98 valence electrons. The third-order valence-electron chi connectivity index (χ3n) is 4.17. The fourth-order valence-electron chi connectivity index (χ4n) is 3.07. The summed E-state index contributed by atoms with van der Waals surface area (Å²) in [5.41, 5.74) is 2.45. The first kappa shape index (κ1) is 11.8. The lowest BCUT2D eigenvalue weighted by Gasteiger charge is -2.20. The van der Waals surface area contributed by atoms with Gasteiger partial charge in [0.1, 0.15) is 0 Å². The van der Waals surface area contributed by atoms with E-state index in [1.807, 2.05) is 0 Å². The van der Waals surface area contributed by atoms with Crippen molar-refractivity contribution in [1.82, 2.24) is 0 Å². The molecule has 1 saturated carbocycles. The maximum Gasteiger partial charge on any atom is 0.0741 e. The van der Waals surface area contributed by atoms with Gasteiger partial charge < -0.3 is 15.3 Å². The summed E-state index contributed by atoms with van der Waals surface area (Å²) in [7, 11) is 0. The molecule has 1 aliphatic heterocycles. The van der Waals surface area contributed by atoms with Crippen LogP contribution in [0.25, 0.3) is 0 Å². The molecular formula is C15H22N2O.